The first-order chi connectivity index (χ1) is 5.19. The van der Waals surface area contributed by atoms with E-state index in [2.05, 4.69) is 0 Å². The predicted octanol–water partition coefficient (Wildman–Crippen LogP) is 0.417. The second-order valence-electron chi connectivity index (χ2n) is 2.55. The van der Waals surface area contributed by atoms with Gasteiger partial charge in [-0.3, -0.25) is 0 Å². The molecule has 0 bridgehead atoms. The number of rotatable bonds is 2. The van der Waals surface area contributed by atoms with Crippen molar-refractivity contribution in [3.05, 3.63) is 0 Å². The fourth-order valence-corrected chi connectivity index (χ4v) is 2.21. The van der Waals surface area contributed by atoms with Gasteiger partial charge in [0, 0.05) is 5.75 Å². The fraction of sp³-hybridized carbons (Fsp3) is 0.857. The highest BCUT2D eigenvalue weighted by Gasteiger charge is 2.40. The predicted molar refractivity (Wildman–Crippen MR) is 43.5 cm³/mol. The van der Waals surface area contributed by atoms with Crippen molar-refractivity contribution in [2.75, 3.05) is 18.1 Å². The van der Waals surface area contributed by atoms with Crippen LogP contribution in [0.15, 0.2) is 0 Å². The van der Waals surface area contributed by atoms with E-state index in [9.17, 15) is 9.90 Å². The van der Waals surface area contributed by atoms with E-state index in [0.717, 1.165) is 5.75 Å². The molecule has 0 amide bonds. The first kappa shape index (κ1) is 8.87. The zero-order valence-electron chi connectivity index (χ0n) is 6.50. The van der Waals surface area contributed by atoms with E-state index in [0.29, 0.717) is 18.8 Å². The topological polar surface area (TPSA) is 46.5 Å². The van der Waals surface area contributed by atoms with Gasteiger partial charge in [-0.1, -0.05) is 0 Å². The number of carbonyl (C=O) groups is 1. The van der Waals surface area contributed by atoms with Gasteiger partial charge in [0.1, 0.15) is 0 Å². The Bertz CT molecular complexity index is 152. The van der Waals surface area contributed by atoms with Crippen LogP contribution in [0.1, 0.15) is 13.3 Å². The van der Waals surface area contributed by atoms with E-state index in [1.54, 1.807) is 18.7 Å². The molecule has 3 nitrogen and oxygen atoms in total. The molecule has 1 unspecified atom stereocenters. The molecule has 64 valence electrons. The smallest absolute Gasteiger partial charge is 0.339 e. The maximum Gasteiger partial charge on any atom is 0.339 e. The molecule has 1 atom stereocenters. The minimum Gasteiger partial charge on any atom is -0.464 e. The van der Waals surface area contributed by atoms with E-state index in [-0.39, 0.29) is 0 Å². The fourth-order valence-electron chi connectivity index (χ4n) is 0.981. The van der Waals surface area contributed by atoms with Gasteiger partial charge in [-0.2, -0.15) is 11.8 Å². The summed E-state index contributed by atoms with van der Waals surface area (Å²) in [6, 6.07) is 0. The number of ether oxygens (including phenoxy) is 1. The second-order valence-corrected chi connectivity index (χ2v) is 3.66. The molecular weight excluding hydrogens is 164 g/mol. The van der Waals surface area contributed by atoms with Gasteiger partial charge in [-0.05, 0) is 19.1 Å². The number of aliphatic hydroxyl groups is 1. The SMILES string of the molecule is CCOC(=O)C1(O)CCSC1. The van der Waals surface area contributed by atoms with Gasteiger partial charge < -0.3 is 9.84 Å². The highest BCUT2D eigenvalue weighted by molar-refractivity contribution is 7.99. The molecule has 0 aromatic carbocycles. The lowest BCUT2D eigenvalue weighted by atomic mass is 10.1. The molecule has 0 aliphatic carbocycles. The maximum atomic E-state index is 11.1. The summed E-state index contributed by atoms with van der Waals surface area (Å²) < 4.78 is 4.73. The molecule has 1 fully saturated rings. The van der Waals surface area contributed by atoms with Crippen molar-refractivity contribution in [3.63, 3.8) is 0 Å². The van der Waals surface area contributed by atoms with Gasteiger partial charge in [0.05, 0.1) is 6.61 Å². The first-order valence-corrected chi connectivity index (χ1v) is 4.82. The average molecular weight is 176 g/mol. The summed E-state index contributed by atoms with van der Waals surface area (Å²) in [6.45, 7) is 2.08. The Morgan fingerprint density at radius 1 is 1.82 bits per heavy atom. The van der Waals surface area contributed by atoms with Gasteiger partial charge in [-0.25, -0.2) is 4.79 Å². The quantitative estimate of drug-likeness (QED) is 0.619. The van der Waals surface area contributed by atoms with Gasteiger partial charge >= 0.3 is 5.97 Å². The maximum absolute atomic E-state index is 11.1. The molecule has 0 aromatic rings. The number of hydrogen-bond donors (Lipinski definition) is 1. The third-order valence-electron chi connectivity index (χ3n) is 1.66. The average Bonchev–Trinajstić information content (AvgIpc) is 2.38. The molecule has 1 heterocycles. The minimum atomic E-state index is -1.19. The Kier molecular flexibility index (Phi) is 2.78. The zero-order chi connectivity index (χ0) is 8.32. The first-order valence-electron chi connectivity index (χ1n) is 3.66. The van der Waals surface area contributed by atoms with Crippen molar-refractivity contribution < 1.29 is 14.6 Å². The molecule has 1 rings (SSSR count). The standard InChI is InChI=1S/C7H12O3S/c1-2-10-6(8)7(9)3-4-11-5-7/h9H,2-5H2,1H3. The van der Waals surface area contributed by atoms with E-state index >= 15 is 0 Å². The monoisotopic (exact) mass is 176 g/mol. The third kappa shape index (κ3) is 1.87. The Balaban J connectivity index is 2.49. The lowest BCUT2D eigenvalue weighted by molar-refractivity contribution is -0.162. The lowest BCUT2D eigenvalue weighted by Gasteiger charge is -2.17. The summed E-state index contributed by atoms with van der Waals surface area (Å²) in [5, 5.41) is 9.60. The molecule has 11 heavy (non-hydrogen) atoms. The van der Waals surface area contributed by atoms with Crippen LogP contribution in [-0.4, -0.2) is 34.8 Å². The summed E-state index contributed by atoms with van der Waals surface area (Å²) in [5.74, 6) is 0.853. The number of carbonyl (C=O) groups excluding carboxylic acids is 1. The molecule has 0 saturated carbocycles. The second kappa shape index (κ2) is 3.45. The highest BCUT2D eigenvalue weighted by Crippen LogP contribution is 2.28. The van der Waals surface area contributed by atoms with Crippen molar-refractivity contribution in [2.45, 2.75) is 18.9 Å². The van der Waals surface area contributed by atoms with Crippen molar-refractivity contribution in [1.29, 1.82) is 0 Å². The minimum absolute atomic E-state index is 0.339. The lowest BCUT2D eigenvalue weighted by Crippen LogP contribution is -2.39. The summed E-state index contributed by atoms with van der Waals surface area (Å²) >= 11 is 1.58. The number of hydrogen-bond acceptors (Lipinski definition) is 4. The number of thioether (sulfide) groups is 1. The molecule has 0 aromatic heterocycles. The van der Waals surface area contributed by atoms with Gasteiger partial charge in [0.2, 0.25) is 0 Å². The van der Waals surface area contributed by atoms with E-state index < -0.39 is 11.6 Å². The van der Waals surface area contributed by atoms with E-state index in [4.69, 9.17) is 4.74 Å². The molecule has 0 spiro atoms. The Labute approximate surface area is 70.1 Å². The van der Waals surface area contributed by atoms with Crippen molar-refractivity contribution in [2.24, 2.45) is 0 Å². The summed E-state index contributed by atoms with van der Waals surface area (Å²) in [5.41, 5.74) is -1.19. The molecule has 1 aliphatic rings. The molecule has 1 saturated heterocycles. The highest BCUT2D eigenvalue weighted by atomic mass is 32.2. The number of esters is 1. The summed E-state index contributed by atoms with van der Waals surface area (Å²) in [7, 11) is 0. The zero-order valence-corrected chi connectivity index (χ0v) is 7.32. The Morgan fingerprint density at radius 2 is 2.55 bits per heavy atom. The van der Waals surface area contributed by atoms with Crippen LogP contribution in [0.25, 0.3) is 0 Å². The van der Waals surface area contributed by atoms with Crippen LogP contribution in [0.4, 0.5) is 0 Å². The Morgan fingerprint density at radius 3 is 3.00 bits per heavy atom. The van der Waals surface area contributed by atoms with E-state index in [1.807, 2.05) is 0 Å². The van der Waals surface area contributed by atoms with Crippen LogP contribution < -0.4 is 0 Å². The molecule has 4 heteroatoms. The van der Waals surface area contributed by atoms with Crippen LogP contribution in [0.5, 0.6) is 0 Å². The molecule has 1 N–H and O–H groups in total. The van der Waals surface area contributed by atoms with Crippen LogP contribution in [0.2, 0.25) is 0 Å². The van der Waals surface area contributed by atoms with Crippen LogP contribution in [-0.2, 0) is 9.53 Å². The van der Waals surface area contributed by atoms with Gasteiger partial charge in [0.25, 0.3) is 0 Å². The van der Waals surface area contributed by atoms with Gasteiger partial charge in [0.15, 0.2) is 5.60 Å². The normalized spacial score (nSPS) is 30.4. The van der Waals surface area contributed by atoms with Crippen LogP contribution in [0.3, 0.4) is 0 Å². The van der Waals surface area contributed by atoms with E-state index in [1.165, 1.54) is 0 Å². The van der Waals surface area contributed by atoms with Crippen molar-refractivity contribution >= 4 is 17.7 Å². The van der Waals surface area contributed by atoms with Crippen molar-refractivity contribution in [1.82, 2.24) is 0 Å². The third-order valence-corrected chi connectivity index (χ3v) is 2.83. The summed E-state index contributed by atoms with van der Waals surface area (Å²) in [4.78, 5) is 11.1. The molecule has 1 aliphatic heterocycles. The van der Waals surface area contributed by atoms with Gasteiger partial charge in [-0.15, -0.1) is 0 Å². The largest absolute Gasteiger partial charge is 0.464 e. The molecular formula is C7H12O3S. The van der Waals surface area contributed by atoms with Crippen LogP contribution >= 0.6 is 11.8 Å². The summed E-state index contributed by atoms with van der Waals surface area (Å²) in [6.07, 6.45) is 0.524. The molecule has 0 radical (unpaired) electrons. The van der Waals surface area contributed by atoms with Crippen molar-refractivity contribution in [3.8, 4) is 0 Å². The van der Waals surface area contributed by atoms with Crippen LogP contribution in [0, 0.1) is 0 Å². The Hall–Kier alpha value is -0.220.